The Morgan fingerprint density at radius 1 is 1.89 bits per heavy atom. The second kappa shape index (κ2) is 2.87. The van der Waals surface area contributed by atoms with Crippen molar-refractivity contribution in [2.45, 2.75) is 12.5 Å². The maximum Gasteiger partial charge on any atom is 0.162 e. The van der Waals surface area contributed by atoms with Crippen LogP contribution >= 0.6 is 11.6 Å². The molecule has 1 rings (SSSR count). The van der Waals surface area contributed by atoms with Gasteiger partial charge in [-0.25, -0.2) is 0 Å². The van der Waals surface area contributed by atoms with E-state index in [1.54, 1.807) is 0 Å². The van der Waals surface area contributed by atoms with Crippen LogP contribution in [0.25, 0.3) is 0 Å². The SMILES string of the molecule is O=C1C=COC(CCl)C1. The van der Waals surface area contributed by atoms with Crippen LogP contribution in [0.4, 0.5) is 0 Å². The molecule has 0 amide bonds. The number of hydrogen-bond donors (Lipinski definition) is 0. The summed E-state index contributed by atoms with van der Waals surface area (Å²) < 4.78 is 4.96. The standard InChI is InChI=1S/C6H7ClO2/c7-4-6-3-5(8)1-2-9-6/h1-2,6H,3-4H2. The van der Waals surface area contributed by atoms with Crippen molar-refractivity contribution in [1.82, 2.24) is 0 Å². The fraction of sp³-hybridized carbons (Fsp3) is 0.500. The minimum Gasteiger partial charge on any atom is -0.496 e. The summed E-state index contributed by atoms with van der Waals surface area (Å²) in [7, 11) is 0. The van der Waals surface area contributed by atoms with E-state index in [9.17, 15) is 4.79 Å². The molecule has 0 radical (unpaired) electrons. The van der Waals surface area contributed by atoms with Gasteiger partial charge in [0.2, 0.25) is 0 Å². The van der Waals surface area contributed by atoms with Crippen LogP contribution in [0.3, 0.4) is 0 Å². The summed E-state index contributed by atoms with van der Waals surface area (Å²) in [6.45, 7) is 0. The van der Waals surface area contributed by atoms with Crippen molar-refractivity contribution in [2.24, 2.45) is 0 Å². The Balaban J connectivity index is 2.47. The van der Waals surface area contributed by atoms with E-state index < -0.39 is 0 Å². The maximum absolute atomic E-state index is 10.6. The van der Waals surface area contributed by atoms with Gasteiger partial charge in [-0.3, -0.25) is 4.79 Å². The summed E-state index contributed by atoms with van der Waals surface area (Å²) in [5, 5.41) is 0. The van der Waals surface area contributed by atoms with Crippen LogP contribution < -0.4 is 0 Å². The van der Waals surface area contributed by atoms with E-state index >= 15 is 0 Å². The van der Waals surface area contributed by atoms with E-state index in [1.165, 1.54) is 12.3 Å². The molecular formula is C6H7ClO2. The highest BCUT2D eigenvalue weighted by atomic mass is 35.5. The number of ketones is 1. The predicted octanol–water partition coefficient (Wildman–Crippen LogP) is 1.10. The molecule has 1 atom stereocenters. The molecule has 0 saturated carbocycles. The van der Waals surface area contributed by atoms with Gasteiger partial charge in [0.05, 0.1) is 12.1 Å². The van der Waals surface area contributed by atoms with Crippen LogP contribution in [0, 0.1) is 0 Å². The van der Waals surface area contributed by atoms with Crippen LogP contribution in [0.2, 0.25) is 0 Å². The predicted molar refractivity (Wildman–Crippen MR) is 34.4 cm³/mol. The molecule has 9 heavy (non-hydrogen) atoms. The molecule has 0 aliphatic carbocycles. The Kier molecular flexibility index (Phi) is 2.11. The van der Waals surface area contributed by atoms with E-state index in [0.29, 0.717) is 12.3 Å². The first-order chi connectivity index (χ1) is 4.33. The van der Waals surface area contributed by atoms with Gasteiger partial charge in [0.25, 0.3) is 0 Å². The summed E-state index contributed by atoms with van der Waals surface area (Å²) in [5.41, 5.74) is 0. The van der Waals surface area contributed by atoms with Crippen molar-refractivity contribution in [3.8, 4) is 0 Å². The third-order valence-electron chi connectivity index (χ3n) is 1.13. The number of hydrogen-bond acceptors (Lipinski definition) is 2. The zero-order valence-corrected chi connectivity index (χ0v) is 5.60. The lowest BCUT2D eigenvalue weighted by molar-refractivity contribution is -0.117. The van der Waals surface area contributed by atoms with Crippen molar-refractivity contribution in [1.29, 1.82) is 0 Å². The minimum atomic E-state index is -0.107. The molecular weight excluding hydrogens is 140 g/mol. The Labute approximate surface area is 58.4 Å². The highest BCUT2D eigenvalue weighted by Crippen LogP contribution is 2.07. The Morgan fingerprint density at radius 3 is 3.11 bits per heavy atom. The molecule has 0 fully saturated rings. The number of carbonyl (C=O) groups excluding carboxylic acids is 1. The van der Waals surface area contributed by atoms with Gasteiger partial charge in [0, 0.05) is 12.5 Å². The van der Waals surface area contributed by atoms with E-state index in [2.05, 4.69) is 0 Å². The number of alkyl halides is 1. The van der Waals surface area contributed by atoms with Crippen molar-refractivity contribution in [2.75, 3.05) is 5.88 Å². The third-order valence-corrected chi connectivity index (χ3v) is 1.47. The molecule has 1 aliphatic heterocycles. The highest BCUT2D eigenvalue weighted by Gasteiger charge is 2.14. The number of ether oxygens (including phenoxy) is 1. The maximum atomic E-state index is 10.6. The average Bonchev–Trinajstić information content (AvgIpc) is 1.88. The monoisotopic (exact) mass is 146 g/mol. The van der Waals surface area contributed by atoms with Gasteiger partial charge in [-0.05, 0) is 0 Å². The van der Waals surface area contributed by atoms with Crippen molar-refractivity contribution in [3.63, 3.8) is 0 Å². The van der Waals surface area contributed by atoms with E-state index in [4.69, 9.17) is 16.3 Å². The molecule has 0 aromatic carbocycles. The topological polar surface area (TPSA) is 26.3 Å². The quantitative estimate of drug-likeness (QED) is 0.518. The molecule has 3 heteroatoms. The van der Waals surface area contributed by atoms with Crippen molar-refractivity contribution >= 4 is 17.4 Å². The van der Waals surface area contributed by atoms with Crippen LogP contribution in [0.1, 0.15) is 6.42 Å². The first-order valence-corrected chi connectivity index (χ1v) is 3.27. The van der Waals surface area contributed by atoms with Gasteiger partial charge >= 0.3 is 0 Å². The van der Waals surface area contributed by atoms with E-state index in [-0.39, 0.29) is 11.9 Å². The zero-order chi connectivity index (χ0) is 6.69. The fourth-order valence-corrected chi connectivity index (χ4v) is 0.840. The lowest BCUT2D eigenvalue weighted by Crippen LogP contribution is -2.19. The number of carbonyl (C=O) groups is 1. The Bertz CT molecular complexity index is 142. The molecule has 0 aromatic rings. The van der Waals surface area contributed by atoms with Crippen LogP contribution in [0.15, 0.2) is 12.3 Å². The molecule has 0 N–H and O–H groups in total. The van der Waals surface area contributed by atoms with Gasteiger partial charge in [-0.2, -0.15) is 0 Å². The van der Waals surface area contributed by atoms with E-state index in [1.807, 2.05) is 0 Å². The zero-order valence-electron chi connectivity index (χ0n) is 4.84. The second-order valence-corrected chi connectivity index (χ2v) is 2.19. The van der Waals surface area contributed by atoms with Crippen LogP contribution in [-0.4, -0.2) is 17.8 Å². The third kappa shape index (κ3) is 1.72. The van der Waals surface area contributed by atoms with Gasteiger partial charge < -0.3 is 4.74 Å². The largest absolute Gasteiger partial charge is 0.496 e. The second-order valence-electron chi connectivity index (χ2n) is 1.89. The summed E-state index contributed by atoms with van der Waals surface area (Å²) in [5.74, 6) is 0.475. The molecule has 0 spiro atoms. The van der Waals surface area contributed by atoms with Crippen LogP contribution in [0.5, 0.6) is 0 Å². The van der Waals surface area contributed by atoms with E-state index in [0.717, 1.165) is 0 Å². The number of allylic oxidation sites excluding steroid dienone is 1. The smallest absolute Gasteiger partial charge is 0.162 e. The lowest BCUT2D eigenvalue weighted by atomic mass is 10.2. The lowest BCUT2D eigenvalue weighted by Gasteiger charge is -2.14. The molecule has 1 heterocycles. The molecule has 50 valence electrons. The van der Waals surface area contributed by atoms with Gasteiger partial charge in [0.15, 0.2) is 5.78 Å². The Hall–Kier alpha value is -0.500. The first kappa shape index (κ1) is 6.62. The van der Waals surface area contributed by atoms with Gasteiger partial charge in [0.1, 0.15) is 6.10 Å². The molecule has 1 aliphatic rings. The van der Waals surface area contributed by atoms with Gasteiger partial charge in [-0.15, -0.1) is 11.6 Å². The molecule has 0 aromatic heterocycles. The summed E-state index contributed by atoms with van der Waals surface area (Å²) in [6.07, 6.45) is 3.13. The molecule has 2 nitrogen and oxygen atoms in total. The molecule has 0 saturated heterocycles. The fourth-order valence-electron chi connectivity index (χ4n) is 0.658. The first-order valence-electron chi connectivity index (χ1n) is 2.73. The van der Waals surface area contributed by atoms with Crippen molar-refractivity contribution < 1.29 is 9.53 Å². The number of rotatable bonds is 1. The highest BCUT2D eigenvalue weighted by molar-refractivity contribution is 6.18. The van der Waals surface area contributed by atoms with Crippen molar-refractivity contribution in [3.05, 3.63) is 12.3 Å². The summed E-state index contributed by atoms with van der Waals surface area (Å²) in [4.78, 5) is 10.6. The molecule has 1 unspecified atom stereocenters. The summed E-state index contributed by atoms with van der Waals surface area (Å²) >= 11 is 5.43. The molecule has 0 bridgehead atoms. The number of halogens is 1. The average molecular weight is 147 g/mol. The van der Waals surface area contributed by atoms with Crippen LogP contribution in [-0.2, 0) is 9.53 Å². The summed E-state index contributed by atoms with van der Waals surface area (Å²) in [6, 6.07) is 0. The normalized spacial score (nSPS) is 25.9. The Morgan fingerprint density at radius 2 is 2.67 bits per heavy atom. The van der Waals surface area contributed by atoms with Gasteiger partial charge in [-0.1, -0.05) is 0 Å². The minimum absolute atomic E-state index is 0.0897.